The summed E-state index contributed by atoms with van der Waals surface area (Å²) in [5.74, 6) is -1.31. The maximum Gasteiger partial charge on any atom is 0.254 e. The van der Waals surface area contributed by atoms with Gasteiger partial charge in [-0.3, -0.25) is 15.2 Å². The number of pyridine rings is 1. The van der Waals surface area contributed by atoms with Crippen LogP contribution in [0.5, 0.6) is 5.75 Å². The predicted octanol–water partition coefficient (Wildman–Crippen LogP) is 3.51. The number of aromatic nitrogens is 1. The smallest absolute Gasteiger partial charge is 0.254 e. The predicted molar refractivity (Wildman–Crippen MR) is 135 cm³/mol. The number of halogens is 2. The van der Waals surface area contributed by atoms with Crippen molar-refractivity contribution in [3.63, 3.8) is 0 Å². The molecule has 1 aromatic heterocycles. The second-order valence-corrected chi connectivity index (χ2v) is 7.61. The Bertz CT molecular complexity index is 1180. The molecule has 186 valence electrons. The first kappa shape index (κ1) is 27.6. The van der Waals surface area contributed by atoms with Gasteiger partial charge in [0.25, 0.3) is 5.91 Å². The zero-order chi connectivity index (χ0) is 24.7. The van der Waals surface area contributed by atoms with E-state index in [4.69, 9.17) is 26.4 Å². The zero-order valence-corrected chi connectivity index (χ0v) is 20.3. The molecule has 0 radical (unpaired) electrons. The molecule has 0 spiro atoms. The van der Waals surface area contributed by atoms with Crippen molar-refractivity contribution in [2.75, 3.05) is 19.0 Å². The molecule has 10 heteroatoms. The number of primary amides is 1. The first-order chi connectivity index (χ1) is 16.3. The van der Waals surface area contributed by atoms with E-state index < -0.39 is 17.3 Å². The minimum Gasteiger partial charge on any atom is -0.497 e. The number of nitrogens with two attached hydrogens (primary N) is 2. The normalized spacial score (nSPS) is 12.2. The molecule has 1 heterocycles. The molecule has 8 nitrogen and oxygen atoms in total. The molecular weight excluding hydrogens is 473 g/mol. The third kappa shape index (κ3) is 6.26. The molecule has 6 N–H and O–H groups in total. The summed E-state index contributed by atoms with van der Waals surface area (Å²) in [6, 6.07) is 14.8. The molecule has 0 saturated heterocycles. The number of nitrogens with one attached hydrogen (secondary N) is 2. The summed E-state index contributed by atoms with van der Waals surface area (Å²) < 4.78 is 26.1. The monoisotopic (exact) mass is 501 g/mol. The van der Waals surface area contributed by atoms with Crippen molar-refractivity contribution >= 4 is 29.8 Å². The van der Waals surface area contributed by atoms with Gasteiger partial charge in [0.15, 0.2) is 5.60 Å². The van der Waals surface area contributed by atoms with Gasteiger partial charge in [-0.25, -0.2) is 4.39 Å². The summed E-state index contributed by atoms with van der Waals surface area (Å²) in [6.07, 6.45) is 1.63. The fourth-order valence-electron chi connectivity index (χ4n) is 3.73. The van der Waals surface area contributed by atoms with Crippen LogP contribution >= 0.6 is 12.4 Å². The molecule has 0 aliphatic rings. The molecule has 0 fully saturated rings. The van der Waals surface area contributed by atoms with Crippen LogP contribution in [-0.2, 0) is 28.1 Å². The quantitative estimate of drug-likeness (QED) is 0.234. The summed E-state index contributed by atoms with van der Waals surface area (Å²) in [7, 11) is 1.43. The Morgan fingerprint density at radius 1 is 1.17 bits per heavy atom. The van der Waals surface area contributed by atoms with Crippen LogP contribution in [0.25, 0.3) is 0 Å². The second-order valence-electron chi connectivity index (χ2n) is 7.61. The van der Waals surface area contributed by atoms with Gasteiger partial charge in [0.05, 0.1) is 19.3 Å². The first-order valence-electron chi connectivity index (χ1n) is 10.7. The minimum atomic E-state index is -1.77. The Hall–Kier alpha value is -3.69. The molecule has 0 saturated carbocycles. The highest BCUT2D eigenvalue weighted by Gasteiger charge is 2.42. The average molecular weight is 502 g/mol. The van der Waals surface area contributed by atoms with Gasteiger partial charge in [-0.1, -0.05) is 18.2 Å². The lowest BCUT2D eigenvalue weighted by Gasteiger charge is -2.32. The lowest BCUT2D eigenvalue weighted by atomic mass is 9.84. The fourth-order valence-corrected chi connectivity index (χ4v) is 3.73. The zero-order valence-electron chi connectivity index (χ0n) is 19.5. The van der Waals surface area contributed by atoms with Crippen molar-refractivity contribution in [2.45, 2.75) is 25.5 Å². The number of carbonyl (C=O) groups is 1. The van der Waals surface area contributed by atoms with E-state index in [0.29, 0.717) is 29.1 Å². The molecule has 0 aliphatic heterocycles. The number of anilines is 1. The van der Waals surface area contributed by atoms with Gasteiger partial charge >= 0.3 is 0 Å². The molecule has 2 aromatic carbocycles. The van der Waals surface area contributed by atoms with Crippen molar-refractivity contribution in [2.24, 2.45) is 11.5 Å². The summed E-state index contributed by atoms with van der Waals surface area (Å²) in [5, 5.41) is 11.1. The van der Waals surface area contributed by atoms with Crippen LogP contribution in [0.4, 0.5) is 10.1 Å². The number of carbonyl (C=O) groups excluding carboxylic acids is 1. The van der Waals surface area contributed by atoms with E-state index in [-0.39, 0.29) is 36.8 Å². The van der Waals surface area contributed by atoms with Gasteiger partial charge in [0.2, 0.25) is 0 Å². The number of amides is 1. The Kier molecular flexibility index (Phi) is 9.56. The highest BCUT2D eigenvalue weighted by molar-refractivity contribution is 5.96. The van der Waals surface area contributed by atoms with Gasteiger partial charge < -0.3 is 26.3 Å². The number of methoxy groups -OCH3 is 1. The van der Waals surface area contributed by atoms with Gasteiger partial charge in [-0.05, 0) is 42.8 Å². The van der Waals surface area contributed by atoms with E-state index in [1.807, 2.05) is 18.2 Å². The maximum atomic E-state index is 15.1. The number of rotatable bonds is 11. The number of benzene rings is 2. The minimum absolute atomic E-state index is 0. The summed E-state index contributed by atoms with van der Waals surface area (Å²) in [5.41, 5.74) is 12.2. The second kappa shape index (κ2) is 12.1. The van der Waals surface area contributed by atoms with Crippen LogP contribution in [0.15, 0.2) is 60.8 Å². The number of amidine groups is 1. The summed E-state index contributed by atoms with van der Waals surface area (Å²) in [4.78, 5) is 17.1. The van der Waals surface area contributed by atoms with E-state index in [1.165, 1.54) is 19.2 Å². The van der Waals surface area contributed by atoms with E-state index in [2.05, 4.69) is 10.3 Å². The Morgan fingerprint density at radius 3 is 2.51 bits per heavy atom. The van der Waals surface area contributed by atoms with Crippen LogP contribution in [0, 0.1) is 11.2 Å². The van der Waals surface area contributed by atoms with E-state index in [9.17, 15) is 4.79 Å². The molecular formula is C25H29ClFN5O3. The van der Waals surface area contributed by atoms with Crippen molar-refractivity contribution in [1.29, 1.82) is 5.41 Å². The number of nitrogens with zero attached hydrogens (tertiary/aromatic N) is 1. The number of nitrogen functional groups attached to an aromatic ring is 1. The largest absolute Gasteiger partial charge is 0.497 e. The Labute approximate surface area is 209 Å². The standard InChI is InChI=1S/C25H28FN5O3.ClH/c1-3-34-25(24(29)32,20-10-9-19(33-2)13-21(20)26)14-17-8-7-16(23(27)28)12-22(17)31-15-18-6-4-5-11-30-18;/h4-13,31H,3,14-15H2,1-2H3,(H3,27,28)(H2,29,32);1H. The van der Waals surface area contributed by atoms with Crippen molar-refractivity contribution in [1.82, 2.24) is 4.98 Å². The Balaban J connectivity index is 0.00000432. The van der Waals surface area contributed by atoms with E-state index in [1.54, 1.807) is 37.4 Å². The lowest BCUT2D eigenvalue weighted by molar-refractivity contribution is -0.145. The SMILES string of the molecule is CCOC(Cc1ccc(C(=N)N)cc1NCc1ccccn1)(C(N)=O)c1ccc(OC)cc1F.Cl. The number of hydrogen-bond donors (Lipinski definition) is 4. The molecule has 1 unspecified atom stereocenters. The molecule has 3 aromatic rings. The molecule has 0 aliphatic carbocycles. The van der Waals surface area contributed by atoms with Gasteiger partial charge in [-0.15, -0.1) is 12.4 Å². The van der Waals surface area contributed by atoms with Gasteiger partial charge in [0, 0.05) is 42.1 Å². The van der Waals surface area contributed by atoms with Crippen LogP contribution in [0.3, 0.4) is 0 Å². The maximum absolute atomic E-state index is 15.1. The molecule has 35 heavy (non-hydrogen) atoms. The van der Waals surface area contributed by atoms with Gasteiger partial charge in [0.1, 0.15) is 17.4 Å². The van der Waals surface area contributed by atoms with Gasteiger partial charge in [-0.2, -0.15) is 0 Å². The summed E-state index contributed by atoms with van der Waals surface area (Å²) >= 11 is 0. The van der Waals surface area contributed by atoms with E-state index in [0.717, 1.165) is 5.69 Å². The number of hydrogen-bond acceptors (Lipinski definition) is 6. The third-order valence-electron chi connectivity index (χ3n) is 5.45. The number of ether oxygens (including phenoxy) is 2. The van der Waals surface area contributed by atoms with Crippen molar-refractivity contribution < 1.29 is 18.7 Å². The first-order valence-corrected chi connectivity index (χ1v) is 10.7. The highest BCUT2D eigenvalue weighted by Crippen LogP contribution is 2.36. The van der Waals surface area contributed by atoms with Crippen LogP contribution in [0.2, 0.25) is 0 Å². The van der Waals surface area contributed by atoms with Crippen LogP contribution in [0.1, 0.15) is 29.3 Å². The van der Waals surface area contributed by atoms with Crippen LogP contribution < -0.4 is 21.5 Å². The average Bonchev–Trinajstić information content (AvgIpc) is 2.83. The fraction of sp³-hybridized carbons (Fsp3) is 0.240. The van der Waals surface area contributed by atoms with Crippen LogP contribution in [-0.4, -0.2) is 30.4 Å². The molecule has 3 rings (SSSR count). The molecule has 0 bridgehead atoms. The highest BCUT2D eigenvalue weighted by atomic mass is 35.5. The molecule has 1 atom stereocenters. The topological polar surface area (TPSA) is 136 Å². The van der Waals surface area contributed by atoms with E-state index >= 15 is 4.39 Å². The lowest BCUT2D eigenvalue weighted by Crippen LogP contribution is -2.46. The third-order valence-corrected chi connectivity index (χ3v) is 5.45. The van der Waals surface area contributed by atoms with Crippen molar-refractivity contribution in [3.8, 4) is 5.75 Å². The molecule has 1 amide bonds. The Morgan fingerprint density at radius 2 is 1.94 bits per heavy atom. The van der Waals surface area contributed by atoms with Crippen molar-refractivity contribution in [3.05, 3.63) is 89.0 Å². The summed E-state index contributed by atoms with van der Waals surface area (Å²) in [6.45, 7) is 2.21.